The van der Waals surface area contributed by atoms with E-state index in [-0.39, 0.29) is 0 Å². The highest BCUT2D eigenvalue weighted by atomic mass is 16.7. The number of likely N-dealkylation sites (N-methyl/N-ethyl adjacent to an activating group) is 1. The van der Waals surface area contributed by atoms with Gasteiger partial charge in [-0.1, -0.05) is 17.7 Å². The molecule has 0 aliphatic carbocycles. The first-order valence-electron chi connectivity index (χ1n) is 9.64. The molecule has 2 aliphatic heterocycles. The summed E-state index contributed by atoms with van der Waals surface area (Å²) in [4.78, 5) is 6.70. The molecule has 2 aliphatic rings. The summed E-state index contributed by atoms with van der Waals surface area (Å²) in [5.74, 6) is -0.762. The van der Waals surface area contributed by atoms with E-state index in [0.717, 1.165) is 25.1 Å². The van der Waals surface area contributed by atoms with Crippen molar-refractivity contribution in [2.24, 2.45) is 0 Å². The molecule has 140 valence electrons. The zero-order valence-electron chi connectivity index (χ0n) is 15.9. The number of fused-ring (bicyclic) bond motifs is 3. The smallest absolute Gasteiger partial charge is 0.215 e. The fourth-order valence-electron chi connectivity index (χ4n) is 4.48. The molecule has 0 bridgehead atoms. The lowest BCUT2D eigenvalue weighted by Crippen LogP contribution is -2.35. The topological polar surface area (TPSA) is 39.5 Å². The molecular weight excluding hydrogens is 338 g/mol. The predicted molar refractivity (Wildman–Crippen MR) is 105 cm³/mol. The van der Waals surface area contributed by atoms with Crippen LogP contribution in [0.2, 0.25) is 0 Å². The molecule has 5 heteroatoms. The average molecular weight is 363 g/mol. The number of hydrogen-bond donors (Lipinski definition) is 0. The van der Waals surface area contributed by atoms with Crippen molar-refractivity contribution in [3.63, 3.8) is 0 Å². The Morgan fingerprint density at radius 3 is 2.81 bits per heavy atom. The second kappa shape index (κ2) is 6.44. The van der Waals surface area contributed by atoms with E-state index in [2.05, 4.69) is 46.6 Å². The van der Waals surface area contributed by atoms with E-state index in [1.807, 2.05) is 18.3 Å². The third-order valence-corrected chi connectivity index (χ3v) is 5.82. The average Bonchev–Trinajstić information content (AvgIpc) is 3.27. The molecule has 1 saturated heterocycles. The van der Waals surface area contributed by atoms with E-state index in [4.69, 9.17) is 9.47 Å². The Bertz CT molecular complexity index is 974. The van der Waals surface area contributed by atoms with Gasteiger partial charge in [-0.05, 0) is 37.7 Å². The van der Waals surface area contributed by atoms with Crippen molar-refractivity contribution >= 4 is 10.9 Å². The summed E-state index contributed by atoms with van der Waals surface area (Å²) in [6.07, 6.45) is 4.70. The summed E-state index contributed by atoms with van der Waals surface area (Å²) >= 11 is 0. The third-order valence-electron chi connectivity index (χ3n) is 5.82. The zero-order valence-corrected chi connectivity index (χ0v) is 15.9. The fourth-order valence-corrected chi connectivity index (χ4v) is 4.48. The number of nitrogens with zero attached hydrogens (tertiary/aromatic N) is 3. The highest BCUT2D eigenvalue weighted by molar-refractivity contribution is 5.86. The van der Waals surface area contributed by atoms with Gasteiger partial charge in [0.15, 0.2) is 0 Å². The van der Waals surface area contributed by atoms with Gasteiger partial charge >= 0.3 is 0 Å². The van der Waals surface area contributed by atoms with E-state index in [1.165, 1.54) is 27.7 Å². The Balaban J connectivity index is 1.67. The van der Waals surface area contributed by atoms with Crippen molar-refractivity contribution in [1.82, 2.24) is 14.5 Å². The van der Waals surface area contributed by atoms with Gasteiger partial charge in [-0.25, -0.2) is 0 Å². The summed E-state index contributed by atoms with van der Waals surface area (Å²) in [6.45, 7) is 6.09. The van der Waals surface area contributed by atoms with Crippen LogP contribution in [0.5, 0.6) is 0 Å². The maximum absolute atomic E-state index is 6.19. The largest absolute Gasteiger partial charge is 0.342 e. The van der Waals surface area contributed by atoms with Gasteiger partial charge in [-0.2, -0.15) is 0 Å². The van der Waals surface area contributed by atoms with Gasteiger partial charge in [-0.3, -0.25) is 4.98 Å². The van der Waals surface area contributed by atoms with Crippen LogP contribution in [0.4, 0.5) is 0 Å². The molecule has 2 aromatic heterocycles. The first-order chi connectivity index (χ1) is 13.2. The molecule has 0 unspecified atom stereocenters. The van der Waals surface area contributed by atoms with Gasteiger partial charge in [0.05, 0.1) is 19.8 Å². The summed E-state index contributed by atoms with van der Waals surface area (Å²) in [6, 6.07) is 10.8. The standard InChI is InChI=1S/C22H25N3O2/c1-16-5-6-20-18(12-16)19-14-24(2)9-7-21(19)25(20)15-22(26-10-11-27-22)17-4-3-8-23-13-17/h3-6,8,12-13H,7,9-11,14-15H2,1-2H3. The van der Waals surface area contributed by atoms with Gasteiger partial charge in [-0.15, -0.1) is 0 Å². The first-order valence-corrected chi connectivity index (χ1v) is 9.64. The molecule has 0 N–H and O–H groups in total. The van der Waals surface area contributed by atoms with Crippen LogP contribution in [-0.4, -0.2) is 41.3 Å². The quantitative estimate of drug-likeness (QED) is 0.716. The minimum atomic E-state index is -0.762. The van der Waals surface area contributed by atoms with E-state index >= 15 is 0 Å². The number of rotatable bonds is 3. The molecule has 0 saturated carbocycles. The molecule has 27 heavy (non-hydrogen) atoms. The first kappa shape index (κ1) is 16.9. The fraction of sp³-hybridized carbons (Fsp3) is 0.409. The zero-order chi connectivity index (χ0) is 18.4. The van der Waals surface area contributed by atoms with Crippen molar-refractivity contribution in [3.05, 3.63) is 65.1 Å². The van der Waals surface area contributed by atoms with Gasteiger partial charge < -0.3 is 18.9 Å². The van der Waals surface area contributed by atoms with Crippen LogP contribution < -0.4 is 0 Å². The number of aromatic nitrogens is 2. The molecule has 5 rings (SSSR count). The number of aryl methyl sites for hydroxylation is 1. The van der Waals surface area contributed by atoms with E-state index in [9.17, 15) is 0 Å². The van der Waals surface area contributed by atoms with Crippen LogP contribution >= 0.6 is 0 Å². The molecule has 5 nitrogen and oxygen atoms in total. The van der Waals surface area contributed by atoms with Gasteiger partial charge in [0, 0.05) is 54.1 Å². The molecule has 4 heterocycles. The second-order valence-electron chi connectivity index (χ2n) is 7.71. The van der Waals surface area contributed by atoms with Gasteiger partial charge in [0.25, 0.3) is 0 Å². The van der Waals surface area contributed by atoms with Crippen molar-refractivity contribution in [3.8, 4) is 0 Å². The summed E-state index contributed by atoms with van der Waals surface area (Å²) < 4.78 is 14.8. The minimum absolute atomic E-state index is 0.609. The summed E-state index contributed by atoms with van der Waals surface area (Å²) in [5.41, 5.74) is 6.41. The molecule has 1 aromatic carbocycles. The molecule has 1 fully saturated rings. The lowest BCUT2D eigenvalue weighted by molar-refractivity contribution is -0.176. The Morgan fingerprint density at radius 1 is 1.19 bits per heavy atom. The van der Waals surface area contributed by atoms with Crippen LogP contribution in [-0.2, 0) is 34.8 Å². The molecule has 0 amide bonds. The number of ether oxygens (including phenoxy) is 2. The van der Waals surface area contributed by atoms with Crippen molar-refractivity contribution in [1.29, 1.82) is 0 Å². The third kappa shape index (κ3) is 2.78. The molecule has 0 spiro atoms. The van der Waals surface area contributed by atoms with Crippen molar-refractivity contribution in [2.75, 3.05) is 26.8 Å². The minimum Gasteiger partial charge on any atom is -0.342 e. The number of hydrogen-bond acceptors (Lipinski definition) is 4. The van der Waals surface area contributed by atoms with Crippen molar-refractivity contribution < 1.29 is 9.47 Å². The van der Waals surface area contributed by atoms with Crippen LogP contribution in [0, 0.1) is 6.92 Å². The van der Waals surface area contributed by atoms with Crippen LogP contribution in [0.25, 0.3) is 10.9 Å². The molecular formula is C22H25N3O2. The van der Waals surface area contributed by atoms with Crippen molar-refractivity contribution in [2.45, 2.75) is 32.2 Å². The van der Waals surface area contributed by atoms with Gasteiger partial charge in [0.1, 0.15) is 0 Å². The van der Waals surface area contributed by atoms with E-state index in [0.29, 0.717) is 19.8 Å². The Kier molecular flexibility index (Phi) is 4.04. The van der Waals surface area contributed by atoms with E-state index in [1.54, 1.807) is 6.20 Å². The molecule has 0 atom stereocenters. The lowest BCUT2D eigenvalue weighted by Gasteiger charge is -2.30. The Hall–Kier alpha value is -2.21. The highest BCUT2D eigenvalue weighted by Crippen LogP contribution is 2.38. The summed E-state index contributed by atoms with van der Waals surface area (Å²) in [5, 5.41) is 1.36. The van der Waals surface area contributed by atoms with Crippen LogP contribution in [0.15, 0.2) is 42.7 Å². The van der Waals surface area contributed by atoms with E-state index < -0.39 is 5.79 Å². The lowest BCUT2D eigenvalue weighted by atomic mass is 10.0. The van der Waals surface area contributed by atoms with Crippen LogP contribution in [0.1, 0.15) is 22.4 Å². The SMILES string of the molecule is Cc1ccc2c(c1)c1c(n2CC2(c3cccnc3)OCCO2)CCN(C)C1. The maximum Gasteiger partial charge on any atom is 0.215 e. The Morgan fingerprint density at radius 2 is 2.04 bits per heavy atom. The predicted octanol–water partition coefficient (Wildman–Crippen LogP) is 3.23. The second-order valence-corrected chi connectivity index (χ2v) is 7.71. The van der Waals surface area contributed by atoms with Crippen LogP contribution in [0.3, 0.4) is 0 Å². The number of pyridine rings is 1. The maximum atomic E-state index is 6.19. The highest BCUT2D eigenvalue weighted by Gasteiger charge is 2.40. The number of benzene rings is 1. The monoisotopic (exact) mass is 363 g/mol. The molecule has 3 aromatic rings. The van der Waals surface area contributed by atoms with Gasteiger partial charge in [0.2, 0.25) is 5.79 Å². The summed E-state index contributed by atoms with van der Waals surface area (Å²) in [7, 11) is 2.20. The Labute approximate surface area is 159 Å². The molecule has 0 radical (unpaired) electrons. The normalized spacial score (nSPS) is 19.5.